The number of hydrogen-bond donors (Lipinski definition) is 1. The Kier molecular flexibility index (Phi) is 4.96. The maximum Gasteiger partial charge on any atom is 0.264 e. The fourth-order valence-corrected chi connectivity index (χ4v) is 3.87. The van der Waals surface area contributed by atoms with Gasteiger partial charge in [0, 0.05) is 29.4 Å². The number of sulfonamides is 1. The van der Waals surface area contributed by atoms with Crippen molar-refractivity contribution in [2.75, 3.05) is 11.8 Å². The quantitative estimate of drug-likeness (QED) is 0.519. The summed E-state index contributed by atoms with van der Waals surface area (Å²) in [4.78, 5) is 15.7. The molecule has 0 unspecified atom stereocenters. The molecule has 0 saturated carbocycles. The molecule has 152 valence electrons. The van der Waals surface area contributed by atoms with E-state index in [2.05, 4.69) is 24.7 Å². The predicted molar refractivity (Wildman–Crippen MR) is 104 cm³/mol. The highest BCUT2D eigenvalue weighted by Crippen LogP contribution is 2.30. The lowest BCUT2D eigenvalue weighted by Gasteiger charge is -2.13. The first-order chi connectivity index (χ1) is 14.4. The number of aromatic nitrogens is 4. The molecule has 0 saturated heterocycles. The Morgan fingerprint density at radius 3 is 2.60 bits per heavy atom. The SMILES string of the molecule is COc1ncc(-c2cc3cncnc3cn2)cc1NS(=O)(=O)c1ccc(F)cc1F. The van der Waals surface area contributed by atoms with Crippen LogP contribution in [0.4, 0.5) is 14.5 Å². The van der Waals surface area contributed by atoms with Gasteiger partial charge in [-0.2, -0.15) is 0 Å². The first kappa shape index (κ1) is 19.6. The van der Waals surface area contributed by atoms with Gasteiger partial charge in [0.1, 0.15) is 28.5 Å². The number of methoxy groups -OCH3 is 1. The van der Waals surface area contributed by atoms with Crippen molar-refractivity contribution in [3.05, 3.63) is 66.9 Å². The molecule has 0 aliphatic carbocycles. The standard InChI is InChI=1S/C19H13F2N5O3S/c1-29-19-16(26-30(27,28)18-3-2-13(20)6-14(18)21)5-12(8-24-19)15-4-11-7-22-10-25-17(11)9-23-15/h2-10,26H,1H3. The van der Waals surface area contributed by atoms with E-state index in [1.807, 2.05) is 0 Å². The van der Waals surface area contributed by atoms with Crippen LogP contribution in [0.2, 0.25) is 0 Å². The number of nitrogens with one attached hydrogen (secondary N) is 1. The van der Waals surface area contributed by atoms with Crippen molar-refractivity contribution >= 4 is 26.6 Å². The molecule has 4 aromatic rings. The highest BCUT2D eigenvalue weighted by molar-refractivity contribution is 7.92. The number of hydrogen-bond acceptors (Lipinski definition) is 7. The second-order valence-corrected chi connectivity index (χ2v) is 7.76. The number of halogens is 2. The normalized spacial score (nSPS) is 11.4. The number of anilines is 1. The van der Waals surface area contributed by atoms with Crippen LogP contribution in [-0.2, 0) is 10.0 Å². The minimum Gasteiger partial charge on any atom is -0.480 e. The molecule has 0 aliphatic rings. The molecule has 0 radical (unpaired) electrons. The number of ether oxygens (including phenoxy) is 1. The van der Waals surface area contributed by atoms with Crippen molar-refractivity contribution < 1.29 is 21.9 Å². The third kappa shape index (κ3) is 3.74. The molecule has 11 heteroatoms. The molecule has 0 atom stereocenters. The van der Waals surface area contributed by atoms with Crippen molar-refractivity contribution in [1.82, 2.24) is 19.9 Å². The number of benzene rings is 1. The van der Waals surface area contributed by atoms with Crippen molar-refractivity contribution in [3.63, 3.8) is 0 Å². The Hall–Kier alpha value is -3.73. The van der Waals surface area contributed by atoms with Gasteiger partial charge in [0.15, 0.2) is 0 Å². The van der Waals surface area contributed by atoms with Gasteiger partial charge < -0.3 is 4.74 Å². The van der Waals surface area contributed by atoms with Crippen LogP contribution in [0.3, 0.4) is 0 Å². The van der Waals surface area contributed by atoms with E-state index in [0.29, 0.717) is 22.8 Å². The first-order valence-electron chi connectivity index (χ1n) is 8.45. The van der Waals surface area contributed by atoms with E-state index in [0.717, 1.165) is 17.5 Å². The number of pyridine rings is 2. The monoisotopic (exact) mass is 429 g/mol. The molecule has 0 fully saturated rings. The van der Waals surface area contributed by atoms with Crippen molar-refractivity contribution in [2.24, 2.45) is 0 Å². The smallest absolute Gasteiger partial charge is 0.264 e. The van der Waals surface area contributed by atoms with Gasteiger partial charge in [-0.1, -0.05) is 0 Å². The molecule has 3 aromatic heterocycles. The largest absolute Gasteiger partial charge is 0.480 e. The maximum atomic E-state index is 14.0. The van der Waals surface area contributed by atoms with Gasteiger partial charge >= 0.3 is 0 Å². The van der Waals surface area contributed by atoms with Gasteiger partial charge in [-0.05, 0) is 24.3 Å². The third-order valence-corrected chi connectivity index (χ3v) is 5.56. The van der Waals surface area contributed by atoms with Gasteiger partial charge in [0.2, 0.25) is 5.88 Å². The fourth-order valence-electron chi connectivity index (χ4n) is 2.76. The molecule has 1 N–H and O–H groups in total. The molecular weight excluding hydrogens is 416 g/mol. The summed E-state index contributed by atoms with van der Waals surface area (Å²) in [6, 6.07) is 5.34. The van der Waals surface area contributed by atoms with Crippen LogP contribution in [0.15, 0.2) is 60.1 Å². The highest BCUT2D eigenvalue weighted by atomic mass is 32.2. The number of rotatable bonds is 5. The summed E-state index contributed by atoms with van der Waals surface area (Å²) in [6.45, 7) is 0. The summed E-state index contributed by atoms with van der Waals surface area (Å²) in [7, 11) is -3.07. The summed E-state index contributed by atoms with van der Waals surface area (Å²) in [6.07, 6.45) is 6.02. The predicted octanol–water partition coefficient (Wildman–Crippen LogP) is 3.17. The zero-order valence-electron chi connectivity index (χ0n) is 15.4. The summed E-state index contributed by atoms with van der Waals surface area (Å²) in [5.41, 5.74) is 1.56. The van der Waals surface area contributed by atoms with E-state index in [4.69, 9.17) is 4.74 Å². The summed E-state index contributed by atoms with van der Waals surface area (Å²) in [5.74, 6) is -2.14. The Morgan fingerprint density at radius 1 is 1.00 bits per heavy atom. The van der Waals surface area contributed by atoms with Crippen molar-refractivity contribution in [1.29, 1.82) is 0 Å². The van der Waals surface area contributed by atoms with Gasteiger partial charge in [0.05, 0.1) is 24.5 Å². The summed E-state index contributed by atoms with van der Waals surface area (Å²) < 4.78 is 59.7. The number of nitrogens with zero attached hydrogens (tertiary/aromatic N) is 4. The zero-order valence-corrected chi connectivity index (χ0v) is 16.2. The minimum atomic E-state index is -4.38. The van der Waals surface area contributed by atoms with E-state index in [9.17, 15) is 17.2 Å². The van der Waals surface area contributed by atoms with Crippen molar-refractivity contribution in [3.8, 4) is 17.1 Å². The van der Waals surface area contributed by atoms with Crippen LogP contribution in [-0.4, -0.2) is 35.5 Å². The van der Waals surface area contributed by atoms with E-state index >= 15 is 0 Å². The van der Waals surface area contributed by atoms with Crippen LogP contribution >= 0.6 is 0 Å². The van der Waals surface area contributed by atoms with Crippen LogP contribution in [0.1, 0.15) is 0 Å². The molecule has 8 nitrogen and oxygen atoms in total. The van der Waals surface area contributed by atoms with Gasteiger partial charge in [-0.25, -0.2) is 32.2 Å². The lowest BCUT2D eigenvalue weighted by Crippen LogP contribution is -2.16. The van der Waals surface area contributed by atoms with Crippen molar-refractivity contribution in [2.45, 2.75) is 4.90 Å². The minimum absolute atomic E-state index is 0.0334. The Bertz CT molecular complexity index is 1370. The Balaban J connectivity index is 1.75. The zero-order chi connectivity index (χ0) is 21.3. The second-order valence-electron chi connectivity index (χ2n) is 6.11. The Labute approximate surface area is 169 Å². The average Bonchev–Trinajstić information content (AvgIpc) is 2.72. The van der Waals surface area contributed by atoms with Crippen LogP contribution in [0.5, 0.6) is 5.88 Å². The Morgan fingerprint density at radius 2 is 1.83 bits per heavy atom. The van der Waals surface area contributed by atoms with Gasteiger partial charge in [-0.3, -0.25) is 9.71 Å². The van der Waals surface area contributed by atoms with E-state index in [-0.39, 0.29) is 11.6 Å². The van der Waals surface area contributed by atoms with E-state index in [1.165, 1.54) is 25.7 Å². The molecule has 0 amide bonds. The van der Waals surface area contributed by atoms with Crippen LogP contribution in [0, 0.1) is 11.6 Å². The molecule has 0 bridgehead atoms. The molecule has 30 heavy (non-hydrogen) atoms. The topological polar surface area (TPSA) is 107 Å². The molecule has 0 spiro atoms. The van der Waals surface area contributed by atoms with Gasteiger partial charge in [0.25, 0.3) is 10.0 Å². The maximum absolute atomic E-state index is 14.0. The lowest BCUT2D eigenvalue weighted by atomic mass is 10.1. The fraction of sp³-hybridized carbons (Fsp3) is 0.0526. The molecule has 4 rings (SSSR count). The third-order valence-electron chi connectivity index (χ3n) is 4.16. The first-order valence-corrected chi connectivity index (χ1v) is 9.94. The second kappa shape index (κ2) is 7.59. The van der Waals surface area contributed by atoms with Crippen LogP contribution < -0.4 is 9.46 Å². The highest BCUT2D eigenvalue weighted by Gasteiger charge is 2.22. The van der Waals surface area contributed by atoms with E-state index in [1.54, 1.807) is 18.5 Å². The molecule has 0 aliphatic heterocycles. The number of fused-ring (bicyclic) bond motifs is 1. The van der Waals surface area contributed by atoms with Crippen LogP contribution in [0.25, 0.3) is 22.2 Å². The average molecular weight is 429 g/mol. The molecule has 3 heterocycles. The lowest BCUT2D eigenvalue weighted by molar-refractivity contribution is 0.400. The van der Waals surface area contributed by atoms with E-state index < -0.39 is 26.6 Å². The summed E-state index contributed by atoms with van der Waals surface area (Å²) >= 11 is 0. The summed E-state index contributed by atoms with van der Waals surface area (Å²) in [5, 5.41) is 0.730. The van der Waals surface area contributed by atoms with Gasteiger partial charge in [-0.15, -0.1) is 0 Å². The molecule has 1 aromatic carbocycles. The molecular formula is C19H13F2N5O3S.